The van der Waals surface area contributed by atoms with E-state index in [1.54, 1.807) is 30.6 Å². The summed E-state index contributed by atoms with van der Waals surface area (Å²) in [5.41, 5.74) is 3.38. The Kier molecular flexibility index (Phi) is 6.26. The van der Waals surface area contributed by atoms with Gasteiger partial charge in [0.15, 0.2) is 10.9 Å². The summed E-state index contributed by atoms with van der Waals surface area (Å²) in [5, 5.41) is 11.5. The molecule has 0 unspecified atom stereocenters. The molecule has 0 aliphatic rings. The van der Waals surface area contributed by atoms with Crippen LogP contribution in [0.25, 0.3) is 5.69 Å². The van der Waals surface area contributed by atoms with E-state index in [1.807, 2.05) is 16.7 Å². The molecule has 0 fully saturated rings. The molecule has 0 radical (unpaired) electrons. The fourth-order valence-electron chi connectivity index (χ4n) is 2.66. The summed E-state index contributed by atoms with van der Waals surface area (Å²) < 4.78 is 1.86. The molecule has 28 heavy (non-hydrogen) atoms. The van der Waals surface area contributed by atoms with E-state index in [9.17, 15) is 9.59 Å². The second-order valence-electron chi connectivity index (χ2n) is 6.70. The Morgan fingerprint density at radius 2 is 1.89 bits per heavy atom. The Morgan fingerprint density at radius 1 is 1.14 bits per heavy atom. The van der Waals surface area contributed by atoms with Crippen molar-refractivity contribution in [3.05, 3.63) is 66.0 Å². The number of Topliss-reactive ketones (excluding diaryl/α,β-unsaturated/α-hetero) is 1. The molecule has 144 valence electrons. The Labute approximate surface area is 168 Å². The molecule has 3 aromatic rings. The minimum Gasteiger partial charge on any atom is -0.325 e. The van der Waals surface area contributed by atoms with Gasteiger partial charge in [0.05, 0.1) is 5.75 Å². The van der Waals surface area contributed by atoms with Crippen molar-refractivity contribution in [3.63, 3.8) is 0 Å². The predicted molar refractivity (Wildman–Crippen MR) is 111 cm³/mol. The Balaban J connectivity index is 1.64. The first-order valence-corrected chi connectivity index (χ1v) is 9.96. The number of hydrogen-bond acceptors (Lipinski definition) is 5. The Hall–Kier alpha value is -2.93. The molecule has 0 bridgehead atoms. The molecule has 2 aromatic carbocycles. The van der Waals surface area contributed by atoms with Crippen LogP contribution in [0.2, 0.25) is 0 Å². The number of carbonyl (C=O) groups excluding carboxylic acids is 2. The summed E-state index contributed by atoms with van der Waals surface area (Å²) in [5.74, 6) is 0.444. The first kappa shape index (κ1) is 19.8. The van der Waals surface area contributed by atoms with Crippen molar-refractivity contribution in [3.8, 4) is 5.69 Å². The molecule has 0 spiro atoms. The molecule has 7 heteroatoms. The smallest absolute Gasteiger partial charge is 0.234 e. The molecular formula is C21H22N4O2S. The van der Waals surface area contributed by atoms with Crippen LogP contribution in [0, 0.1) is 0 Å². The molecule has 1 N–H and O–H groups in total. The van der Waals surface area contributed by atoms with Crippen LogP contribution >= 0.6 is 11.8 Å². The van der Waals surface area contributed by atoms with Crippen LogP contribution in [0.5, 0.6) is 0 Å². The zero-order valence-electron chi connectivity index (χ0n) is 16.0. The zero-order chi connectivity index (χ0) is 20.1. The van der Waals surface area contributed by atoms with Gasteiger partial charge < -0.3 is 5.32 Å². The molecule has 0 atom stereocenters. The quantitative estimate of drug-likeness (QED) is 0.477. The lowest BCUT2D eigenvalue weighted by Gasteiger charge is -2.09. The summed E-state index contributed by atoms with van der Waals surface area (Å²) in [6.45, 7) is 5.80. The summed E-state index contributed by atoms with van der Waals surface area (Å²) in [6, 6.07) is 15.1. The van der Waals surface area contributed by atoms with Crippen molar-refractivity contribution in [2.75, 3.05) is 11.1 Å². The molecule has 1 heterocycles. The number of nitrogens with zero attached hydrogens (tertiary/aromatic N) is 3. The average Bonchev–Trinajstić information content (AvgIpc) is 3.15. The highest BCUT2D eigenvalue weighted by Gasteiger charge is 2.11. The summed E-state index contributed by atoms with van der Waals surface area (Å²) in [6.07, 6.45) is 1.64. The van der Waals surface area contributed by atoms with Crippen molar-refractivity contribution in [2.45, 2.75) is 31.8 Å². The lowest BCUT2D eigenvalue weighted by molar-refractivity contribution is -0.113. The molecule has 0 aliphatic carbocycles. The van der Waals surface area contributed by atoms with Crippen LogP contribution in [0.4, 0.5) is 5.69 Å². The number of hydrogen-bond donors (Lipinski definition) is 1. The number of amides is 1. The normalized spacial score (nSPS) is 10.9. The Morgan fingerprint density at radius 3 is 2.57 bits per heavy atom. The third kappa shape index (κ3) is 4.86. The van der Waals surface area contributed by atoms with Crippen LogP contribution in [-0.4, -0.2) is 32.2 Å². The minimum atomic E-state index is -0.171. The summed E-state index contributed by atoms with van der Waals surface area (Å²) in [7, 11) is 0. The van der Waals surface area contributed by atoms with E-state index in [-0.39, 0.29) is 17.4 Å². The fraction of sp³-hybridized carbons (Fsp3) is 0.238. The highest BCUT2D eigenvalue weighted by atomic mass is 32.2. The van der Waals surface area contributed by atoms with Crippen LogP contribution in [0.15, 0.2) is 60.0 Å². The lowest BCUT2D eigenvalue weighted by Crippen LogP contribution is -2.14. The number of anilines is 1. The van der Waals surface area contributed by atoms with Crippen LogP contribution in [-0.2, 0) is 4.79 Å². The largest absolute Gasteiger partial charge is 0.325 e. The number of thioether (sulfide) groups is 1. The zero-order valence-corrected chi connectivity index (χ0v) is 16.9. The molecule has 1 amide bonds. The van der Waals surface area contributed by atoms with Gasteiger partial charge in [-0.05, 0) is 42.7 Å². The standard InChI is InChI=1S/C21H22N4O2S/c1-14(2)16-7-9-19(10-8-16)25-13-22-24-21(25)28-12-20(27)23-18-6-4-5-17(11-18)15(3)26/h4-11,13-14H,12H2,1-3H3,(H,23,27). The van der Waals surface area contributed by atoms with Crippen molar-refractivity contribution < 1.29 is 9.59 Å². The predicted octanol–water partition coefficient (Wildman–Crippen LogP) is 4.32. The molecule has 0 aliphatic heterocycles. The third-order valence-corrected chi connectivity index (χ3v) is 5.18. The van der Waals surface area contributed by atoms with E-state index in [1.165, 1.54) is 24.2 Å². The van der Waals surface area contributed by atoms with Gasteiger partial charge in [-0.2, -0.15) is 0 Å². The van der Waals surface area contributed by atoms with Gasteiger partial charge in [-0.15, -0.1) is 10.2 Å². The summed E-state index contributed by atoms with van der Waals surface area (Å²) in [4.78, 5) is 23.7. The van der Waals surface area contributed by atoms with Gasteiger partial charge in [-0.25, -0.2) is 0 Å². The van der Waals surface area contributed by atoms with E-state index >= 15 is 0 Å². The van der Waals surface area contributed by atoms with Crippen molar-refractivity contribution in [1.29, 1.82) is 0 Å². The van der Waals surface area contributed by atoms with Gasteiger partial charge in [0, 0.05) is 16.9 Å². The fourth-order valence-corrected chi connectivity index (χ4v) is 3.39. The monoisotopic (exact) mass is 394 g/mol. The maximum absolute atomic E-state index is 12.3. The van der Waals surface area contributed by atoms with E-state index in [4.69, 9.17) is 0 Å². The maximum atomic E-state index is 12.3. The molecule has 1 aromatic heterocycles. The SMILES string of the molecule is CC(=O)c1cccc(NC(=O)CSc2nncn2-c2ccc(C(C)C)cc2)c1. The van der Waals surface area contributed by atoms with E-state index in [0.29, 0.717) is 22.3 Å². The minimum absolute atomic E-state index is 0.0398. The van der Waals surface area contributed by atoms with Gasteiger partial charge in [-0.1, -0.05) is 49.9 Å². The third-order valence-electron chi connectivity index (χ3n) is 4.24. The second-order valence-corrected chi connectivity index (χ2v) is 7.65. The van der Waals surface area contributed by atoms with E-state index < -0.39 is 0 Å². The topological polar surface area (TPSA) is 76.9 Å². The number of carbonyl (C=O) groups is 2. The highest BCUT2D eigenvalue weighted by Crippen LogP contribution is 2.22. The van der Waals surface area contributed by atoms with E-state index in [0.717, 1.165) is 5.69 Å². The van der Waals surface area contributed by atoms with Crippen molar-refractivity contribution in [2.24, 2.45) is 0 Å². The number of aromatic nitrogens is 3. The number of ketones is 1. The maximum Gasteiger partial charge on any atom is 0.234 e. The number of benzene rings is 2. The van der Waals surface area contributed by atoms with Gasteiger partial charge >= 0.3 is 0 Å². The van der Waals surface area contributed by atoms with Gasteiger partial charge in [0.2, 0.25) is 5.91 Å². The molecule has 6 nitrogen and oxygen atoms in total. The van der Waals surface area contributed by atoms with Gasteiger partial charge in [0.1, 0.15) is 6.33 Å². The van der Waals surface area contributed by atoms with Crippen molar-refractivity contribution in [1.82, 2.24) is 14.8 Å². The lowest BCUT2D eigenvalue weighted by atomic mass is 10.0. The average molecular weight is 395 g/mol. The number of rotatable bonds is 7. The molecular weight excluding hydrogens is 372 g/mol. The van der Waals surface area contributed by atoms with Gasteiger partial charge in [-0.3, -0.25) is 14.2 Å². The van der Waals surface area contributed by atoms with Crippen LogP contribution < -0.4 is 5.32 Å². The first-order valence-electron chi connectivity index (χ1n) is 8.98. The second kappa shape index (κ2) is 8.84. The van der Waals surface area contributed by atoms with Crippen molar-refractivity contribution >= 4 is 29.1 Å². The molecule has 0 saturated heterocycles. The van der Waals surface area contributed by atoms with Crippen LogP contribution in [0.3, 0.4) is 0 Å². The Bertz CT molecular complexity index is 980. The first-order chi connectivity index (χ1) is 13.4. The highest BCUT2D eigenvalue weighted by molar-refractivity contribution is 7.99. The van der Waals surface area contributed by atoms with Gasteiger partial charge in [0.25, 0.3) is 0 Å². The van der Waals surface area contributed by atoms with Crippen LogP contribution in [0.1, 0.15) is 42.6 Å². The van der Waals surface area contributed by atoms with E-state index in [2.05, 4.69) is 41.5 Å². The summed E-state index contributed by atoms with van der Waals surface area (Å²) >= 11 is 1.31. The number of nitrogens with one attached hydrogen (secondary N) is 1. The molecule has 0 saturated carbocycles. The molecule has 3 rings (SSSR count).